The summed E-state index contributed by atoms with van der Waals surface area (Å²) >= 11 is 9.23. The Bertz CT molecular complexity index is 445. The van der Waals surface area contributed by atoms with Crippen LogP contribution in [-0.4, -0.2) is 4.98 Å². The van der Waals surface area contributed by atoms with Crippen LogP contribution < -0.4 is 5.32 Å². The van der Waals surface area contributed by atoms with E-state index in [4.69, 9.17) is 16.0 Å². The van der Waals surface area contributed by atoms with E-state index in [9.17, 15) is 0 Å². The van der Waals surface area contributed by atoms with E-state index in [2.05, 4.69) is 26.2 Å². The Hall–Kier alpha value is -1.00. The molecule has 1 heterocycles. The Morgan fingerprint density at radius 1 is 1.47 bits per heavy atom. The number of hydrogen-bond donors (Lipinski definition) is 1. The predicted octanol–water partition coefficient (Wildman–Crippen LogP) is 3.70. The molecule has 2 aromatic rings. The summed E-state index contributed by atoms with van der Waals surface area (Å²) in [6.45, 7) is 0.605. The van der Waals surface area contributed by atoms with Gasteiger partial charge in [-0.2, -0.15) is 0 Å². The van der Waals surface area contributed by atoms with Crippen molar-refractivity contribution in [3.05, 3.63) is 46.0 Å². The van der Waals surface area contributed by atoms with Crippen molar-refractivity contribution in [2.45, 2.75) is 6.54 Å². The third-order valence-corrected chi connectivity index (χ3v) is 3.08. The third kappa shape index (κ3) is 2.73. The molecule has 0 aliphatic heterocycles. The molecule has 78 valence electrons. The van der Waals surface area contributed by atoms with Crippen LogP contribution in [0.15, 0.2) is 39.7 Å². The van der Waals surface area contributed by atoms with Gasteiger partial charge in [0.1, 0.15) is 5.76 Å². The van der Waals surface area contributed by atoms with E-state index in [0.29, 0.717) is 11.6 Å². The number of hydrogen-bond acceptors (Lipinski definition) is 3. The van der Waals surface area contributed by atoms with Gasteiger partial charge in [0.25, 0.3) is 0 Å². The van der Waals surface area contributed by atoms with E-state index in [0.717, 1.165) is 15.9 Å². The monoisotopic (exact) mass is 286 g/mol. The minimum absolute atomic E-state index is 0.605. The molecule has 0 saturated heterocycles. The van der Waals surface area contributed by atoms with Crippen molar-refractivity contribution >= 4 is 33.2 Å². The molecule has 0 aliphatic rings. The quantitative estimate of drug-likeness (QED) is 0.935. The second kappa shape index (κ2) is 4.68. The van der Waals surface area contributed by atoms with E-state index in [1.165, 1.54) is 6.39 Å². The number of nitrogens with one attached hydrogen (secondary N) is 1. The van der Waals surface area contributed by atoms with Gasteiger partial charge in [-0.25, -0.2) is 4.98 Å². The highest BCUT2D eigenvalue weighted by Crippen LogP contribution is 2.25. The second-order valence-corrected chi connectivity index (χ2v) is 4.21. The number of rotatable bonds is 3. The highest BCUT2D eigenvalue weighted by molar-refractivity contribution is 9.10. The molecule has 5 heteroatoms. The lowest BCUT2D eigenvalue weighted by Crippen LogP contribution is -1.97. The molecule has 0 unspecified atom stereocenters. The zero-order chi connectivity index (χ0) is 10.7. The van der Waals surface area contributed by atoms with Gasteiger partial charge in [-0.15, -0.1) is 0 Å². The highest BCUT2D eigenvalue weighted by atomic mass is 79.9. The van der Waals surface area contributed by atoms with Gasteiger partial charge in [-0.3, -0.25) is 0 Å². The highest BCUT2D eigenvalue weighted by Gasteiger charge is 2.00. The topological polar surface area (TPSA) is 38.1 Å². The van der Waals surface area contributed by atoms with E-state index in [1.807, 2.05) is 18.2 Å². The molecule has 0 bridgehead atoms. The molecule has 0 fully saturated rings. The van der Waals surface area contributed by atoms with E-state index in [-0.39, 0.29) is 0 Å². The first kappa shape index (κ1) is 10.5. The molecular weight excluding hydrogens is 279 g/mol. The minimum atomic E-state index is 0.605. The molecule has 2 rings (SSSR count). The summed E-state index contributed by atoms with van der Waals surface area (Å²) < 4.78 is 5.97. The molecule has 1 aromatic carbocycles. The van der Waals surface area contributed by atoms with Crippen molar-refractivity contribution in [2.24, 2.45) is 0 Å². The van der Waals surface area contributed by atoms with Crippen LogP contribution in [0, 0.1) is 0 Å². The molecule has 3 nitrogen and oxygen atoms in total. The second-order valence-electron chi connectivity index (χ2n) is 2.95. The molecule has 0 saturated carbocycles. The summed E-state index contributed by atoms with van der Waals surface area (Å²) in [5, 5.41) is 3.89. The standard InChI is InChI=1S/C10H8BrClN2O/c11-9-3-7(1-2-10(9)12)14-5-8-4-13-6-15-8/h1-4,6,14H,5H2. The Balaban J connectivity index is 2.02. The third-order valence-electron chi connectivity index (χ3n) is 1.87. The fraction of sp³-hybridized carbons (Fsp3) is 0.100. The maximum Gasteiger partial charge on any atom is 0.180 e. The minimum Gasteiger partial charge on any atom is -0.447 e. The summed E-state index contributed by atoms with van der Waals surface area (Å²) in [6, 6.07) is 5.65. The number of oxazole rings is 1. The molecule has 0 amide bonds. The van der Waals surface area contributed by atoms with Gasteiger partial charge in [0, 0.05) is 10.2 Å². The summed E-state index contributed by atoms with van der Waals surface area (Å²) in [5.41, 5.74) is 0.975. The van der Waals surface area contributed by atoms with Gasteiger partial charge >= 0.3 is 0 Å². The van der Waals surface area contributed by atoms with Crippen LogP contribution in [0.3, 0.4) is 0 Å². The van der Waals surface area contributed by atoms with E-state index >= 15 is 0 Å². The first-order valence-corrected chi connectivity index (χ1v) is 5.49. The lowest BCUT2D eigenvalue weighted by molar-refractivity contribution is 0.512. The zero-order valence-corrected chi connectivity index (χ0v) is 10.0. The van der Waals surface area contributed by atoms with Crippen molar-refractivity contribution < 1.29 is 4.42 Å². The maximum absolute atomic E-state index is 5.88. The SMILES string of the molecule is Clc1ccc(NCc2cnco2)cc1Br. The molecule has 15 heavy (non-hydrogen) atoms. The van der Waals surface area contributed by atoms with Crippen LogP contribution in [0.4, 0.5) is 5.69 Å². The fourth-order valence-electron chi connectivity index (χ4n) is 1.12. The molecule has 0 atom stereocenters. The Kier molecular flexibility index (Phi) is 3.28. The normalized spacial score (nSPS) is 10.3. The average molecular weight is 288 g/mol. The number of halogens is 2. The fourth-order valence-corrected chi connectivity index (χ4v) is 1.62. The van der Waals surface area contributed by atoms with Crippen molar-refractivity contribution in [3.63, 3.8) is 0 Å². The van der Waals surface area contributed by atoms with E-state index in [1.54, 1.807) is 6.20 Å². The van der Waals surface area contributed by atoms with Crippen molar-refractivity contribution in [1.29, 1.82) is 0 Å². The van der Waals surface area contributed by atoms with Gasteiger partial charge in [-0.1, -0.05) is 11.6 Å². The van der Waals surface area contributed by atoms with Crippen LogP contribution in [0.2, 0.25) is 5.02 Å². The van der Waals surface area contributed by atoms with Crippen LogP contribution in [0.1, 0.15) is 5.76 Å². The van der Waals surface area contributed by atoms with Gasteiger partial charge in [0.15, 0.2) is 6.39 Å². The summed E-state index contributed by atoms with van der Waals surface area (Å²) in [4.78, 5) is 3.83. The number of anilines is 1. The van der Waals surface area contributed by atoms with Gasteiger partial charge in [-0.05, 0) is 34.1 Å². The zero-order valence-electron chi connectivity index (χ0n) is 7.71. The molecular formula is C10H8BrClN2O. The number of nitrogens with zero attached hydrogens (tertiary/aromatic N) is 1. The molecule has 0 aliphatic carbocycles. The average Bonchev–Trinajstić information content (AvgIpc) is 2.73. The lowest BCUT2D eigenvalue weighted by atomic mass is 10.3. The molecule has 1 N–H and O–H groups in total. The smallest absolute Gasteiger partial charge is 0.180 e. The van der Waals surface area contributed by atoms with Crippen molar-refractivity contribution in [1.82, 2.24) is 4.98 Å². The lowest BCUT2D eigenvalue weighted by Gasteiger charge is -2.05. The summed E-state index contributed by atoms with van der Waals surface area (Å²) in [6.07, 6.45) is 3.09. The molecule has 0 spiro atoms. The van der Waals surface area contributed by atoms with Gasteiger partial charge in [0.05, 0.1) is 17.8 Å². The number of benzene rings is 1. The first-order valence-electron chi connectivity index (χ1n) is 4.32. The van der Waals surface area contributed by atoms with Crippen LogP contribution in [0.25, 0.3) is 0 Å². The number of aromatic nitrogens is 1. The van der Waals surface area contributed by atoms with Crippen molar-refractivity contribution in [2.75, 3.05) is 5.32 Å². The largest absolute Gasteiger partial charge is 0.447 e. The van der Waals surface area contributed by atoms with Crippen LogP contribution in [0.5, 0.6) is 0 Å². The first-order chi connectivity index (χ1) is 7.25. The predicted molar refractivity (Wildman–Crippen MR) is 63.0 cm³/mol. The Morgan fingerprint density at radius 3 is 3.00 bits per heavy atom. The van der Waals surface area contributed by atoms with Gasteiger partial charge in [0.2, 0.25) is 0 Å². The van der Waals surface area contributed by atoms with Gasteiger partial charge < -0.3 is 9.73 Å². The molecule has 1 aromatic heterocycles. The Morgan fingerprint density at radius 2 is 2.33 bits per heavy atom. The van der Waals surface area contributed by atoms with E-state index < -0.39 is 0 Å². The van der Waals surface area contributed by atoms with Crippen LogP contribution in [-0.2, 0) is 6.54 Å². The van der Waals surface area contributed by atoms with Crippen molar-refractivity contribution in [3.8, 4) is 0 Å². The van der Waals surface area contributed by atoms with Crippen LogP contribution >= 0.6 is 27.5 Å². The summed E-state index contributed by atoms with van der Waals surface area (Å²) in [5.74, 6) is 0.793. The Labute approximate surface area is 101 Å². The summed E-state index contributed by atoms with van der Waals surface area (Å²) in [7, 11) is 0. The molecule has 0 radical (unpaired) electrons. The maximum atomic E-state index is 5.88.